The van der Waals surface area contributed by atoms with Crippen molar-refractivity contribution < 1.29 is 22.3 Å². The highest BCUT2D eigenvalue weighted by Gasteiger charge is 2.29. The van der Waals surface area contributed by atoms with Gasteiger partial charge in [0.1, 0.15) is 12.4 Å². The van der Waals surface area contributed by atoms with Crippen molar-refractivity contribution in [2.75, 3.05) is 19.7 Å². The average Bonchev–Trinajstić information content (AvgIpc) is 3.15. The first kappa shape index (κ1) is 20.8. The van der Waals surface area contributed by atoms with Crippen LogP contribution in [-0.4, -0.2) is 25.7 Å². The summed E-state index contributed by atoms with van der Waals surface area (Å²) >= 11 is 0. The Morgan fingerprint density at radius 1 is 1.15 bits per heavy atom. The van der Waals surface area contributed by atoms with Gasteiger partial charge in [-0.2, -0.15) is 13.2 Å². The molecule has 0 atom stereocenters. The number of aliphatic imine (C=N–C) groups is 1. The molecule has 0 radical (unpaired) electrons. The molecule has 0 bridgehead atoms. The molecule has 1 aromatic heterocycles. The highest BCUT2D eigenvalue weighted by atomic mass is 19.4. The smallest absolute Gasteiger partial charge is 0.416 e. The van der Waals surface area contributed by atoms with E-state index < -0.39 is 11.7 Å². The van der Waals surface area contributed by atoms with E-state index in [0.717, 1.165) is 24.3 Å². The number of rotatable bonds is 9. The molecule has 148 valence electrons. The summed E-state index contributed by atoms with van der Waals surface area (Å²) in [6, 6.07) is 8.70. The first-order valence-corrected chi connectivity index (χ1v) is 8.77. The molecule has 5 nitrogen and oxygen atoms in total. The zero-order chi connectivity index (χ0) is 19.5. The number of nitrogens with one attached hydrogen (secondary N) is 2. The van der Waals surface area contributed by atoms with Gasteiger partial charge in [-0.25, -0.2) is 4.99 Å². The fraction of sp³-hybridized carbons (Fsp3) is 0.421. The molecule has 2 aromatic rings. The molecule has 27 heavy (non-hydrogen) atoms. The van der Waals surface area contributed by atoms with E-state index >= 15 is 0 Å². The Morgan fingerprint density at radius 2 is 1.93 bits per heavy atom. The molecule has 0 fully saturated rings. The van der Waals surface area contributed by atoms with E-state index in [9.17, 15) is 13.2 Å². The van der Waals surface area contributed by atoms with E-state index in [1.54, 1.807) is 6.26 Å². The van der Waals surface area contributed by atoms with Gasteiger partial charge in [0.2, 0.25) is 0 Å². The number of guanidine groups is 1. The van der Waals surface area contributed by atoms with Gasteiger partial charge >= 0.3 is 6.18 Å². The van der Waals surface area contributed by atoms with Crippen LogP contribution in [-0.2, 0) is 24.1 Å². The van der Waals surface area contributed by atoms with E-state index in [1.807, 2.05) is 19.1 Å². The zero-order valence-corrected chi connectivity index (χ0v) is 15.2. The zero-order valence-electron chi connectivity index (χ0n) is 15.2. The highest BCUT2D eigenvalue weighted by Crippen LogP contribution is 2.29. The lowest BCUT2D eigenvalue weighted by molar-refractivity contribution is -0.137. The lowest BCUT2D eigenvalue weighted by atomic mass is 10.1. The molecule has 2 rings (SSSR count). The van der Waals surface area contributed by atoms with Crippen LogP contribution in [0.3, 0.4) is 0 Å². The maximum absolute atomic E-state index is 12.6. The van der Waals surface area contributed by atoms with Crippen molar-refractivity contribution in [3.63, 3.8) is 0 Å². The molecule has 0 spiro atoms. The fourth-order valence-corrected chi connectivity index (χ4v) is 2.26. The van der Waals surface area contributed by atoms with Crippen molar-refractivity contribution in [2.45, 2.75) is 32.7 Å². The van der Waals surface area contributed by atoms with Crippen LogP contribution in [0.25, 0.3) is 0 Å². The predicted octanol–water partition coefficient (Wildman–Crippen LogP) is 3.96. The van der Waals surface area contributed by atoms with Gasteiger partial charge in [0, 0.05) is 19.7 Å². The number of hydrogen-bond donors (Lipinski definition) is 2. The number of nitrogens with zero attached hydrogens (tertiary/aromatic N) is 1. The Balaban J connectivity index is 1.73. The molecule has 0 saturated heterocycles. The summed E-state index contributed by atoms with van der Waals surface area (Å²) in [6.45, 7) is 4.61. The molecule has 0 amide bonds. The third-order valence-electron chi connectivity index (χ3n) is 3.63. The Kier molecular flexibility index (Phi) is 8.19. The monoisotopic (exact) mass is 383 g/mol. The summed E-state index contributed by atoms with van der Waals surface area (Å²) < 4.78 is 48.4. The molecule has 0 aliphatic rings. The maximum Gasteiger partial charge on any atom is 0.416 e. The molecule has 0 aliphatic heterocycles. The number of hydrogen-bond acceptors (Lipinski definition) is 3. The van der Waals surface area contributed by atoms with Gasteiger partial charge < -0.3 is 19.8 Å². The highest BCUT2D eigenvalue weighted by molar-refractivity contribution is 5.79. The second kappa shape index (κ2) is 10.6. The summed E-state index contributed by atoms with van der Waals surface area (Å²) in [7, 11) is 0. The van der Waals surface area contributed by atoms with Crippen LogP contribution in [0.4, 0.5) is 13.2 Å². The standard InChI is InChI=1S/C19H24F3N3O2/c1-2-23-18(24-10-4-11-26-14-17-5-3-12-27-17)25-13-15-6-8-16(9-7-15)19(20,21)22/h3,5-9,12H,2,4,10-11,13-14H2,1H3,(H2,23,24,25). The van der Waals surface area contributed by atoms with Crippen LogP contribution in [0.2, 0.25) is 0 Å². The van der Waals surface area contributed by atoms with Crippen molar-refractivity contribution in [2.24, 2.45) is 4.99 Å². The van der Waals surface area contributed by atoms with Gasteiger partial charge in [-0.3, -0.25) is 0 Å². The van der Waals surface area contributed by atoms with Gasteiger partial charge in [0.05, 0.1) is 18.4 Å². The first-order valence-electron chi connectivity index (χ1n) is 8.77. The summed E-state index contributed by atoms with van der Waals surface area (Å²) in [5, 5.41) is 6.28. The molecule has 0 saturated carbocycles. The summed E-state index contributed by atoms with van der Waals surface area (Å²) in [6.07, 6.45) is -1.93. The van der Waals surface area contributed by atoms with E-state index in [1.165, 1.54) is 12.1 Å². The molecule has 0 unspecified atom stereocenters. The Hall–Kier alpha value is -2.48. The molecular formula is C19H24F3N3O2. The lowest BCUT2D eigenvalue weighted by Gasteiger charge is -2.11. The molecule has 1 aromatic carbocycles. The van der Waals surface area contributed by atoms with Crippen LogP contribution in [0.1, 0.15) is 30.2 Å². The van der Waals surface area contributed by atoms with Crippen molar-refractivity contribution >= 4 is 5.96 Å². The minimum absolute atomic E-state index is 0.294. The second-order valence-electron chi connectivity index (χ2n) is 5.80. The largest absolute Gasteiger partial charge is 0.467 e. The fourth-order valence-electron chi connectivity index (χ4n) is 2.26. The average molecular weight is 383 g/mol. The number of furan rings is 1. The molecule has 2 N–H and O–H groups in total. The minimum atomic E-state index is -4.32. The van der Waals surface area contributed by atoms with Gasteiger partial charge in [-0.15, -0.1) is 0 Å². The van der Waals surface area contributed by atoms with Crippen molar-refractivity contribution in [3.05, 3.63) is 59.5 Å². The predicted molar refractivity (Wildman–Crippen MR) is 97.2 cm³/mol. The number of ether oxygens (including phenoxy) is 1. The maximum atomic E-state index is 12.6. The van der Waals surface area contributed by atoms with Gasteiger partial charge in [-0.1, -0.05) is 12.1 Å². The summed E-state index contributed by atoms with van der Waals surface area (Å²) in [5.74, 6) is 1.40. The van der Waals surface area contributed by atoms with E-state index in [2.05, 4.69) is 15.6 Å². The van der Waals surface area contributed by atoms with E-state index in [-0.39, 0.29) is 0 Å². The number of alkyl halides is 3. The quantitative estimate of drug-likeness (QED) is 0.391. The number of benzene rings is 1. The molecule has 1 heterocycles. The topological polar surface area (TPSA) is 58.8 Å². The molecular weight excluding hydrogens is 359 g/mol. The second-order valence-corrected chi connectivity index (χ2v) is 5.80. The van der Waals surface area contributed by atoms with Crippen molar-refractivity contribution in [3.8, 4) is 0 Å². The number of halogens is 3. The molecule has 0 aliphatic carbocycles. The van der Waals surface area contributed by atoms with Crippen LogP contribution >= 0.6 is 0 Å². The van der Waals surface area contributed by atoms with Crippen molar-refractivity contribution in [1.29, 1.82) is 0 Å². The van der Waals surface area contributed by atoms with Crippen LogP contribution in [0, 0.1) is 0 Å². The normalized spacial score (nSPS) is 12.2. The van der Waals surface area contributed by atoms with Gasteiger partial charge in [0.15, 0.2) is 5.96 Å². The third kappa shape index (κ3) is 7.74. The minimum Gasteiger partial charge on any atom is -0.467 e. The van der Waals surface area contributed by atoms with Crippen molar-refractivity contribution in [1.82, 2.24) is 10.6 Å². The van der Waals surface area contributed by atoms with Gasteiger partial charge in [0.25, 0.3) is 0 Å². The lowest BCUT2D eigenvalue weighted by Crippen LogP contribution is -2.38. The van der Waals surface area contributed by atoms with Crippen LogP contribution in [0.15, 0.2) is 52.1 Å². The Bertz CT molecular complexity index is 683. The van der Waals surface area contributed by atoms with E-state index in [4.69, 9.17) is 9.15 Å². The summed E-state index contributed by atoms with van der Waals surface area (Å²) in [5.41, 5.74) is 0.0526. The Morgan fingerprint density at radius 3 is 2.56 bits per heavy atom. The molecule has 8 heteroatoms. The summed E-state index contributed by atoms with van der Waals surface area (Å²) in [4.78, 5) is 4.39. The van der Waals surface area contributed by atoms with Crippen LogP contribution in [0.5, 0.6) is 0 Å². The van der Waals surface area contributed by atoms with Crippen LogP contribution < -0.4 is 10.6 Å². The Labute approximate surface area is 156 Å². The third-order valence-corrected chi connectivity index (χ3v) is 3.63. The SMILES string of the molecule is CCNC(=NCc1ccc(C(F)(F)F)cc1)NCCCOCc1ccco1. The van der Waals surface area contributed by atoms with Gasteiger partial charge in [-0.05, 0) is 43.2 Å². The first-order chi connectivity index (χ1) is 13.0. The van der Waals surface area contributed by atoms with E-state index in [0.29, 0.717) is 44.4 Å².